The van der Waals surface area contributed by atoms with Crippen LogP contribution in [-0.4, -0.2) is 60.9 Å². The second-order valence-corrected chi connectivity index (χ2v) is 7.18. The SMILES string of the molecule is C=CCOC(=O)N1COC(=O)[C@@]12CC[C@H]1[C@H](C(=O)OCOC(=O)OC(C)C)[C@H]12. The van der Waals surface area contributed by atoms with Gasteiger partial charge >= 0.3 is 24.2 Å². The first-order valence-electron chi connectivity index (χ1n) is 9.05. The summed E-state index contributed by atoms with van der Waals surface area (Å²) in [7, 11) is 0. The number of carbonyl (C=O) groups is 4. The fourth-order valence-corrected chi connectivity index (χ4v) is 4.17. The van der Waals surface area contributed by atoms with Crippen molar-refractivity contribution in [2.24, 2.45) is 17.8 Å². The molecular formula is C18H23NO9. The summed E-state index contributed by atoms with van der Waals surface area (Å²) in [5.41, 5.74) is -1.22. The molecule has 154 valence electrons. The number of hydrogen-bond acceptors (Lipinski definition) is 9. The molecule has 28 heavy (non-hydrogen) atoms. The van der Waals surface area contributed by atoms with E-state index in [9.17, 15) is 19.2 Å². The van der Waals surface area contributed by atoms with Crippen LogP contribution in [0.25, 0.3) is 0 Å². The number of nitrogens with zero attached hydrogens (tertiary/aromatic N) is 1. The van der Waals surface area contributed by atoms with Gasteiger partial charge in [0.2, 0.25) is 6.79 Å². The highest BCUT2D eigenvalue weighted by Gasteiger charge is 2.76. The zero-order valence-corrected chi connectivity index (χ0v) is 15.8. The van der Waals surface area contributed by atoms with Crippen molar-refractivity contribution in [3.63, 3.8) is 0 Å². The fourth-order valence-electron chi connectivity index (χ4n) is 4.17. The van der Waals surface area contributed by atoms with Gasteiger partial charge in [-0.2, -0.15) is 0 Å². The van der Waals surface area contributed by atoms with Crippen molar-refractivity contribution < 1.29 is 42.9 Å². The first kappa shape index (κ1) is 20.0. The Labute approximate surface area is 161 Å². The van der Waals surface area contributed by atoms with Crippen molar-refractivity contribution in [1.29, 1.82) is 0 Å². The summed E-state index contributed by atoms with van der Waals surface area (Å²) in [4.78, 5) is 49.7. The van der Waals surface area contributed by atoms with Crippen LogP contribution in [0.1, 0.15) is 26.7 Å². The van der Waals surface area contributed by atoms with Gasteiger partial charge in [0.05, 0.1) is 12.0 Å². The first-order valence-corrected chi connectivity index (χ1v) is 9.05. The molecule has 1 amide bonds. The largest absolute Gasteiger partial charge is 0.511 e. The van der Waals surface area contributed by atoms with Crippen molar-refractivity contribution in [2.45, 2.75) is 38.3 Å². The van der Waals surface area contributed by atoms with Gasteiger partial charge in [-0.1, -0.05) is 12.7 Å². The predicted molar refractivity (Wildman–Crippen MR) is 90.4 cm³/mol. The highest BCUT2D eigenvalue weighted by molar-refractivity contribution is 5.92. The van der Waals surface area contributed by atoms with Gasteiger partial charge in [-0.05, 0) is 32.6 Å². The summed E-state index contributed by atoms with van der Waals surface area (Å²) >= 11 is 0. The molecule has 3 rings (SSSR count). The second kappa shape index (κ2) is 7.69. The zero-order chi connectivity index (χ0) is 20.5. The van der Waals surface area contributed by atoms with E-state index in [0.717, 1.165) is 0 Å². The molecule has 0 radical (unpaired) electrons. The Morgan fingerprint density at radius 2 is 2.07 bits per heavy atom. The molecule has 0 aromatic carbocycles. The van der Waals surface area contributed by atoms with Gasteiger partial charge in [0, 0.05) is 5.92 Å². The van der Waals surface area contributed by atoms with Crippen molar-refractivity contribution >= 4 is 24.2 Å². The number of carbonyl (C=O) groups excluding carboxylic acids is 4. The highest BCUT2D eigenvalue weighted by atomic mass is 16.8. The van der Waals surface area contributed by atoms with Crippen LogP contribution in [0.2, 0.25) is 0 Å². The minimum atomic E-state index is -1.22. The Hall–Kier alpha value is -2.78. The van der Waals surface area contributed by atoms with Gasteiger partial charge in [0.25, 0.3) is 0 Å². The molecule has 1 spiro atoms. The summed E-state index contributed by atoms with van der Waals surface area (Å²) in [6.07, 6.45) is 0.399. The van der Waals surface area contributed by atoms with E-state index in [-0.39, 0.29) is 25.4 Å². The number of hydrogen-bond donors (Lipinski definition) is 0. The van der Waals surface area contributed by atoms with E-state index in [2.05, 4.69) is 11.3 Å². The van der Waals surface area contributed by atoms with Gasteiger partial charge in [-0.25, -0.2) is 14.4 Å². The molecule has 2 aliphatic carbocycles. The monoisotopic (exact) mass is 397 g/mol. The van der Waals surface area contributed by atoms with Crippen LogP contribution in [0, 0.1) is 17.8 Å². The molecule has 4 atom stereocenters. The molecule has 3 aliphatic rings. The lowest BCUT2D eigenvalue weighted by atomic mass is 9.89. The van der Waals surface area contributed by atoms with Crippen molar-refractivity contribution in [1.82, 2.24) is 4.90 Å². The van der Waals surface area contributed by atoms with Crippen LogP contribution < -0.4 is 0 Å². The molecule has 0 aromatic heterocycles. The maximum atomic E-state index is 12.5. The van der Waals surface area contributed by atoms with Crippen LogP contribution in [0.15, 0.2) is 12.7 Å². The maximum absolute atomic E-state index is 12.5. The average molecular weight is 397 g/mol. The van der Waals surface area contributed by atoms with Crippen LogP contribution >= 0.6 is 0 Å². The Bertz CT molecular complexity index is 691. The molecule has 10 nitrogen and oxygen atoms in total. The molecule has 2 saturated carbocycles. The summed E-state index contributed by atoms with van der Waals surface area (Å²) < 4.78 is 24.6. The van der Waals surface area contributed by atoms with Crippen molar-refractivity contribution in [3.05, 3.63) is 12.7 Å². The number of esters is 2. The molecule has 0 aromatic rings. The van der Waals surface area contributed by atoms with E-state index in [0.29, 0.717) is 12.8 Å². The van der Waals surface area contributed by atoms with Crippen LogP contribution in [-0.2, 0) is 33.3 Å². The smallest absolute Gasteiger partial charge is 0.445 e. The normalized spacial score (nSPS) is 29.9. The average Bonchev–Trinajstić information content (AvgIpc) is 3.11. The number of fused-ring (bicyclic) bond motifs is 2. The summed E-state index contributed by atoms with van der Waals surface area (Å²) in [6.45, 7) is 6.00. The van der Waals surface area contributed by atoms with E-state index >= 15 is 0 Å². The molecule has 0 unspecified atom stereocenters. The maximum Gasteiger partial charge on any atom is 0.511 e. The van der Waals surface area contributed by atoms with E-state index in [1.807, 2.05) is 0 Å². The Kier molecular flexibility index (Phi) is 5.48. The standard InChI is InChI=1S/C18H23NO9/c1-4-7-24-16(22)19-8-25-15(21)18(19)6-5-11-12(13(11)18)14(20)26-9-27-17(23)28-10(2)3/h4,10-13H,1,5-9H2,2-3H3/t11-,12-,13-,18-/m0/s1. The van der Waals surface area contributed by atoms with Gasteiger partial charge in [0.1, 0.15) is 6.61 Å². The summed E-state index contributed by atoms with van der Waals surface area (Å²) in [5, 5.41) is 0. The van der Waals surface area contributed by atoms with Crippen molar-refractivity contribution in [2.75, 3.05) is 20.1 Å². The minimum Gasteiger partial charge on any atom is -0.445 e. The predicted octanol–water partition coefficient (Wildman–Crippen LogP) is 1.58. The Balaban J connectivity index is 1.60. The number of rotatable bonds is 6. The quantitative estimate of drug-likeness (QED) is 0.285. The summed E-state index contributed by atoms with van der Waals surface area (Å²) in [6, 6.07) is 0. The first-order chi connectivity index (χ1) is 13.3. The van der Waals surface area contributed by atoms with Gasteiger partial charge < -0.3 is 23.7 Å². The molecule has 1 heterocycles. The van der Waals surface area contributed by atoms with Crippen LogP contribution in [0.5, 0.6) is 0 Å². The third-order valence-electron chi connectivity index (χ3n) is 5.27. The minimum absolute atomic E-state index is 0.00296. The summed E-state index contributed by atoms with van der Waals surface area (Å²) in [5.74, 6) is -2.21. The lowest BCUT2D eigenvalue weighted by molar-refractivity contribution is -0.157. The van der Waals surface area contributed by atoms with E-state index in [1.165, 1.54) is 11.0 Å². The lowest BCUT2D eigenvalue weighted by Gasteiger charge is -2.31. The number of cyclic esters (lactones) is 1. The zero-order valence-electron chi connectivity index (χ0n) is 15.8. The van der Waals surface area contributed by atoms with Crippen molar-refractivity contribution in [3.8, 4) is 0 Å². The molecule has 0 bridgehead atoms. The van der Waals surface area contributed by atoms with E-state index in [1.54, 1.807) is 13.8 Å². The number of amides is 1. The third-order valence-corrected chi connectivity index (χ3v) is 5.27. The van der Waals surface area contributed by atoms with Gasteiger partial charge in [-0.15, -0.1) is 0 Å². The Morgan fingerprint density at radius 1 is 1.32 bits per heavy atom. The second-order valence-electron chi connectivity index (χ2n) is 7.18. The number of ether oxygens (including phenoxy) is 5. The van der Waals surface area contributed by atoms with Gasteiger partial charge in [-0.3, -0.25) is 9.69 Å². The van der Waals surface area contributed by atoms with Crippen LogP contribution in [0.4, 0.5) is 9.59 Å². The van der Waals surface area contributed by atoms with E-state index in [4.69, 9.17) is 18.9 Å². The lowest BCUT2D eigenvalue weighted by Crippen LogP contribution is -2.52. The highest BCUT2D eigenvalue weighted by Crippen LogP contribution is 2.65. The molecule has 10 heteroatoms. The topological polar surface area (TPSA) is 118 Å². The molecule has 0 N–H and O–H groups in total. The van der Waals surface area contributed by atoms with Crippen LogP contribution in [0.3, 0.4) is 0 Å². The Morgan fingerprint density at radius 3 is 2.75 bits per heavy atom. The fraction of sp³-hybridized carbons (Fsp3) is 0.667. The van der Waals surface area contributed by atoms with E-state index < -0.39 is 48.4 Å². The van der Waals surface area contributed by atoms with Gasteiger partial charge in [0.15, 0.2) is 12.3 Å². The molecular weight excluding hydrogens is 374 g/mol. The molecule has 1 aliphatic heterocycles. The molecule has 3 fully saturated rings. The third kappa shape index (κ3) is 3.38. The molecule has 1 saturated heterocycles.